The Balaban J connectivity index is 1.79. The van der Waals surface area contributed by atoms with Crippen molar-refractivity contribution in [2.75, 3.05) is 0 Å². The molecule has 2 atom stereocenters. The van der Waals surface area contributed by atoms with Gasteiger partial charge in [0.1, 0.15) is 5.54 Å². The molecule has 1 amide bonds. The predicted octanol–water partition coefficient (Wildman–Crippen LogP) is 4.39. The Morgan fingerprint density at radius 3 is 2.04 bits per heavy atom. The lowest BCUT2D eigenvalue weighted by Crippen LogP contribution is -2.51. The van der Waals surface area contributed by atoms with Crippen LogP contribution in [0.3, 0.4) is 0 Å². The van der Waals surface area contributed by atoms with E-state index in [9.17, 15) is 9.59 Å². The summed E-state index contributed by atoms with van der Waals surface area (Å²) >= 11 is 0. The number of carbonyl (C=O) groups excluding carboxylic acids is 2. The van der Waals surface area contributed by atoms with Gasteiger partial charge in [-0.05, 0) is 24.6 Å². The van der Waals surface area contributed by atoms with Gasteiger partial charge < -0.3 is 4.74 Å². The van der Waals surface area contributed by atoms with E-state index in [0.717, 1.165) is 11.1 Å². The first-order chi connectivity index (χ1) is 13.6. The van der Waals surface area contributed by atoms with Crippen LogP contribution >= 0.6 is 0 Å². The van der Waals surface area contributed by atoms with Crippen LogP contribution in [0.5, 0.6) is 0 Å². The summed E-state index contributed by atoms with van der Waals surface area (Å²) < 4.78 is 5.76. The van der Waals surface area contributed by atoms with Crippen molar-refractivity contribution in [3.63, 3.8) is 0 Å². The van der Waals surface area contributed by atoms with E-state index in [0.29, 0.717) is 12.0 Å². The van der Waals surface area contributed by atoms with Crippen LogP contribution in [0.4, 0.5) is 0 Å². The molecule has 1 aliphatic rings. The normalized spacial score (nSPS) is 21.4. The third-order valence-corrected chi connectivity index (χ3v) is 5.14. The van der Waals surface area contributed by atoms with Crippen LogP contribution in [0, 0.1) is 0 Å². The second kappa shape index (κ2) is 7.31. The van der Waals surface area contributed by atoms with Crippen molar-refractivity contribution in [3.8, 4) is 0 Å². The minimum atomic E-state index is -1.10. The smallest absolute Gasteiger partial charge is 0.334 e. The van der Waals surface area contributed by atoms with Crippen molar-refractivity contribution in [3.05, 3.63) is 108 Å². The molecule has 1 fully saturated rings. The summed E-state index contributed by atoms with van der Waals surface area (Å²) in [5, 5.41) is 0. The number of rotatable bonds is 4. The molecule has 3 aromatic rings. The third kappa shape index (κ3) is 3.18. The maximum absolute atomic E-state index is 13.5. The average Bonchev–Trinajstić information content (AvgIpc) is 3.00. The first kappa shape index (κ1) is 18.0. The summed E-state index contributed by atoms with van der Waals surface area (Å²) in [7, 11) is 0. The molecule has 0 N–H and O–H groups in total. The second-order valence-electron chi connectivity index (χ2n) is 7.15. The molecule has 4 rings (SSSR count). The van der Waals surface area contributed by atoms with Gasteiger partial charge in [-0.25, -0.2) is 4.79 Å². The maximum atomic E-state index is 13.5. The van der Waals surface area contributed by atoms with E-state index in [1.165, 1.54) is 0 Å². The van der Waals surface area contributed by atoms with Gasteiger partial charge in [-0.3, -0.25) is 9.69 Å². The van der Waals surface area contributed by atoms with Crippen molar-refractivity contribution < 1.29 is 14.3 Å². The van der Waals surface area contributed by atoms with Gasteiger partial charge in [0.25, 0.3) is 5.91 Å². The zero-order chi connectivity index (χ0) is 19.6. The van der Waals surface area contributed by atoms with Gasteiger partial charge in [-0.2, -0.15) is 0 Å². The highest BCUT2D eigenvalue weighted by atomic mass is 16.6. The Morgan fingerprint density at radius 2 is 1.43 bits per heavy atom. The van der Waals surface area contributed by atoms with Gasteiger partial charge in [0, 0.05) is 17.5 Å². The van der Waals surface area contributed by atoms with Crippen LogP contribution in [-0.4, -0.2) is 22.3 Å². The van der Waals surface area contributed by atoms with Crippen LogP contribution < -0.4 is 0 Å². The molecule has 0 aromatic heterocycles. The standard InChI is InChI=1S/C24H21NO3/c1-24(17-18-11-5-2-6-12-18)23(27)28-22(20-15-9-4-10-16-20)25(24)21(26)19-13-7-3-8-14-19/h2-16,22H,17H2,1H3/t22-,24+/m0/s1. The maximum Gasteiger partial charge on any atom is 0.334 e. The number of nitrogens with zero attached hydrogens (tertiary/aromatic N) is 1. The molecule has 1 heterocycles. The lowest BCUT2D eigenvalue weighted by molar-refractivity contribution is -0.145. The molecule has 140 valence electrons. The largest absolute Gasteiger partial charge is 0.435 e. The highest BCUT2D eigenvalue weighted by Gasteiger charge is 2.55. The fourth-order valence-corrected chi connectivity index (χ4v) is 3.67. The zero-order valence-electron chi connectivity index (χ0n) is 15.6. The van der Waals surface area contributed by atoms with Gasteiger partial charge >= 0.3 is 5.97 Å². The van der Waals surface area contributed by atoms with E-state index in [2.05, 4.69) is 0 Å². The van der Waals surface area contributed by atoms with Crippen LogP contribution in [0.1, 0.15) is 34.6 Å². The summed E-state index contributed by atoms with van der Waals surface area (Å²) in [6.45, 7) is 1.78. The first-order valence-electron chi connectivity index (χ1n) is 9.28. The topological polar surface area (TPSA) is 46.6 Å². The Kier molecular flexibility index (Phi) is 4.70. The Bertz CT molecular complexity index is 973. The van der Waals surface area contributed by atoms with Gasteiger partial charge in [0.2, 0.25) is 6.23 Å². The van der Waals surface area contributed by atoms with E-state index < -0.39 is 17.7 Å². The van der Waals surface area contributed by atoms with Gasteiger partial charge in [-0.15, -0.1) is 0 Å². The minimum Gasteiger partial charge on any atom is -0.435 e. The number of hydrogen-bond acceptors (Lipinski definition) is 3. The van der Waals surface area contributed by atoms with E-state index in [1.54, 1.807) is 24.0 Å². The van der Waals surface area contributed by atoms with Gasteiger partial charge in [0.05, 0.1) is 0 Å². The monoisotopic (exact) mass is 371 g/mol. The molecule has 0 aliphatic carbocycles. The molecule has 0 spiro atoms. The van der Waals surface area contributed by atoms with Gasteiger partial charge in [0.15, 0.2) is 0 Å². The Labute approximate surface area is 164 Å². The molecule has 1 aliphatic heterocycles. The Hall–Kier alpha value is -3.40. The van der Waals surface area contributed by atoms with Gasteiger partial charge in [-0.1, -0.05) is 78.9 Å². The molecule has 4 nitrogen and oxygen atoms in total. The molecule has 0 radical (unpaired) electrons. The molecule has 1 saturated heterocycles. The van der Waals surface area contributed by atoms with Crippen molar-refractivity contribution in [2.24, 2.45) is 0 Å². The van der Waals surface area contributed by atoms with Crippen LogP contribution in [-0.2, 0) is 16.0 Å². The number of ether oxygens (including phenoxy) is 1. The van der Waals surface area contributed by atoms with E-state index in [-0.39, 0.29) is 5.91 Å². The number of cyclic esters (lactones) is 1. The summed E-state index contributed by atoms with van der Waals surface area (Å²) in [4.78, 5) is 28.1. The predicted molar refractivity (Wildman–Crippen MR) is 106 cm³/mol. The van der Waals surface area contributed by atoms with Crippen molar-refractivity contribution in [1.29, 1.82) is 0 Å². The quantitative estimate of drug-likeness (QED) is 0.639. The zero-order valence-corrected chi connectivity index (χ0v) is 15.6. The summed E-state index contributed by atoms with van der Waals surface area (Å²) in [6, 6.07) is 28.1. The molecular weight excluding hydrogens is 350 g/mol. The average molecular weight is 371 g/mol. The number of benzene rings is 3. The molecule has 0 unspecified atom stereocenters. The first-order valence-corrected chi connectivity index (χ1v) is 9.28. The number of esters is 1. The molecule has 0 saturated carbocycles. The molecule has 3 aromatic carbocycles. The van der Waals surface area contributed by atoms with E-state index >= 15 is 0 Å². The molecule has 4 heteroatoms. The summed E-state index contributed by atoms with van der Waals surface area (Å²) in [5.41, 5.74) is 1.17. The second-order valence-corrected chi connectivity index (χ2v) is 7.15. The van der Waals surface area contributed by atoms with Crippen molar-refractivity contribution >= 4 is 11.9 Å². The highest BCUT2D eigenvalue weighted by Crippen LogP contribution is 2.41. The molecule has 0 bridgehead atoms. The summed E-state index contributed by atoms with van der Waals surface area (Å²) in [6.07, 6.45) is -0.371. The van der Waals surface area contributed by atoms with E-state index in [4.69, 9.17) is 4.74 Å². The fourth-order valence-electron chi connectivity index (χ4n) is 3.67. The highest BCUT2D eigenvalue weighted by molar-refractivity contribution is 6.00. The SMILES string of the molecule is C[C@@]1(Cc2ccccc2)C(=O)O[C@@H](c2ccccc2)N1C(=O)c1ccccc1. The lowest BCUT2D eigenvalue weighted by Gasteiger charge is -2.34. The third-order valence-electron chi connectivity index (χ3n) is 5.14. The molecule has 28 heavy (non-hydrogen) atoms. The van der Waals surface area contributed by atoms with E-state index in [1.807, 2.05) is 78.9 Å². The minimum absolute atomic E-state index is 0.223. The summed E-state index contributed by atoms with van der Waals surface area (Å²) in [5.74, 6) is -0.617. The fraction of sp³-hybridized carbons (Fsp3) is 0.167. The van der Waals surface area contributed by atoms with Crippen LogP contribution in [0.25, 0.3) is 0 Å². The van der Waals surface area contributed by atoms with Crippen molar-refractivity contribution in [1.82, 2.24) is 4.90 Å². The van der Waals surface area contributed by atoms with Crippen molar-refractivity contribution in [2.45, 2.75) is 25.1 Å². The van der Waals surface area contributed by atoms with Crippen LogP contribution in [0.2, 0.25) is 0 Å². The number of amides is 1. The van der Waals surface area contributed by atoms with Crippen LogP contribution in [0.15, 0.2) is 91.0 Å². The number of hydrogen-bond donors (Lipinski definition) is 0. The number of carbonyl (C=O) groups is 2. The Morgan fingerprint density at radius 1 is 0.893 bits per heavy atom. The lowest BCUT2D eigenvalue weighted by atomic mass is 9.90. The molecular formula is C24H21NO3.